The number of nitrogens with one attached hydrogen (secondary N) is 4. The van der Waals surface area contributed by atoms with E-state index in [0.29, 0.717) is 26.2 Å². The molecule has 274 valence electrons. The summed E-state index contributed by atoms with van der Waals surface area (Å²) in [5.74, 6) is 0.0622. The maximum atomic E-state index is 13.1. The average Bonchev–Trinajstić information content (AvgIpc) is 3.56. The zero-order valence-electron chi connectivity index (χ0n) is 30.8. The van der Waals surface area contributed by atoms with Gasteiger partial charge in [-0.2, -0.15) is 5.10 Å². The van der Waals surface area contributed by atoms with Crippen LogP contribution in [0.5, 0.6) is 5.75 Å². The van der Waals surface area contributed by atoms with E-state index in [1.165, 1.54) is 5.56 Å². The number of hydrogen-bond acceptors (Lipinski definition) is 9. The summed E-state index contributed by atoms with van der Waals surface area (Å²) in [4.78, 5) is 33.2. The van der Waals surface area contributed by atoms with Gasteiger partial charge in [-0.3, -0.25) is 9.59 Å². The van der Waals surface area contributed by atoms with E-state index in [4.69, 9.17) is 14.5 Å². The van der Waals surface area contributed by atoms with Crippen LogP contribution < -0.4 is 26.0 Å². The summed E-state index contributed by atoms with van der Waals surface area (Å²) in [6.45, 7) is 9.57. The number of methoxy groups -OCH3 is 1. The fourth-order valence-corrected chi connectivity index (χ4v) is 6.45. The third kappa shape index (κ3) is 10.3. The zero-order chi connectivity index (χ0) is 36.2. The Morgan fingerprint density at radius 1 is 1.00 bits per heavy atom. The molecule has 12 heteroatoms. The summed E-state index contributed by atoms with van der Waals surface area (Å²) in [5.41, 5.74) is 7.69. The standard InChI is InChI=1S/C39H54N8O4/c1-6-34-32(38(44-30-14-18-51-19-15-30)33-26-43-47(7-2)39(33)45-34)25-42-37(49)22-36(48)41-24-28-12-13-35(50-5)31(21-28)29-11-8-10-27(20-29)23-40-16-9-17-46(3)4/h8,10-13,20-21,26,30,40H,6-7,9,14-19,22-25H2,1-5H3,(H,41,48)(H,42,49)(H,44,45). The van der Waals surface area contributed by atoms with Gasteiger partial charge >= 0.3 is 0 Å². The quantitative estimate of drug-likeness (QED) is 0.0866. The lowest BCUT2D eigenvalue weighted by Gasteiger charge is -2.26. The minimum atomic E-state index is -0.349. The van der Waals surface area contributed by atoms with Crippen LogP contribution in [0.3, 0.4) is 0 Å². The van der Waals surface area contributed by atoms with Crippen molar-refractivity contribution < 1.29 is 19.1 Å². The summed E-state index contributed by atoms with van der Waals surface area (Å²) in [7, 11) is 5.83. The molecular weight excluding hydrogens is 644 g/mol. The normalized spacial score (nSPS) is 13.5. The number of rotatable bonds is 18. The van der Waals surface area contributed by atoms with Gasteiger partial charge in [0.15, 0.2) is 5.65 Å². The second kappa shape index (κ2) is 18.6. The Bertz CT molecular complexity index is 1770. The van der Waals surface area contributed by atoms with Gasteiger partial charge in [-0.25, -0.2) is 9.67 Å². The molecular formula is C39H54N8O4. The molecule has 51 heavy (non-hydrogen) atoms. The highest BCUT2D eigenvalue weighted by Crippen LogP contribution is 2.33. The van der Waals surface area contributed by atoms with Crippen molar-refractivity contribution in [3.05, 3.63) is 71.0 Å². The zero-order valence-corrected chi connectivity index (χ0v) is 30.8. The molecule has 1 aliphatic rings. The fraction of sp³-hybridized carbons (Fsp3) is 0.487. The van der Waals surface area contributed by atoms with Gasteiger partial charge in [0.1, 0.15) is 12.2 Å². The van der Waals surface area contributed by atoms with Crippen molar-refractivity contribution in [2.45, 2.75) is 78.2 Å². The number of pyridine rings is 1. The Hall–Kier alpha value is -4.52. The van der Waals surface area contributed by atoms with E-state index in [0.717, 1.165) is 89.3 Å². The number of benzene rings is 2. The molecule has 0 bridgehead atoms. The Morgan fingerprint density at radius 3 is 2.49 bits per heavy atom. The Kier molecular flexibility index (Phi) is 13.8. The number of carbonyl (C=O) groups is 2. The molecule has 0 unspecified atom stereocenters. The monoisotopic (exact) mass is 698 g/mol. The molecule has 0 saturated carbocycles. The number of anilines is 1. The van der Waals surface area contributed by atoms with Crippen LogP contribution in [0.1, 0.15) is 61.9 Å². The molecule has 0 atom stereocenters. The molecule has 4 N–H and O–H groups in total. The summed E-state index contributed by atoms with van der Waals surface area (Å²) >= 11 is 0. The second-order valence-corrected chi connectivity index (χ2v) is 13.3. The number of carbonyl (C=O) groups excluding carboxylic acids is 2. The van der Waals surface area contributed by atoms with Crippen molar-refractivity contribution in [1.82, 2.24) is 35.6 Å². The Balaban J connectivity index is 1.20. The summed E-state index contributed by atoms with van der Waals surface area (Å²) in [5, 5.41) is 18.7. The lowest BCUT2D eigenvalue weighted by Crippen LogP contribution is -2.32. The van der Waals surface area contributed by atoms with Gasteiger partial charge in [-0.15, -0.1) is 0 Å². The highest BCUT2D eigenvalue weighted by molar-refractivity contribution is 5.97. The highest BCUT2D eigenvalue weighted by atomic mass is 16.5. The molecule has 0 aliphatic carbocycles. The number of aromatic nitrogens is 3. The first-order chi connectivity index (χ1) is 24.8. The molecule has 12 nitrogen and oxygen atoms in total. The minimum Gasteiger partial charge on any atom is -0.496 e. The summed E-state index contributed by atoms with van der Waals surface area (Å²) < 4.78 is 13.2. The molecule has 0 radical (unpaired) electrons. The predicted octanol–water partition coefficient (Wildman–Crippen LogP) is 4.64. The molecule has 1 saturated heterocycles. The van der Waals surface area contributed by atoms with Crippen LogP contribution in [0.15, 0.2) is 48.7 Å². The molecule has 1 aliphatic heterocycles. The van der Waals surface area contributed by atoms with Crippen molar-refractivity contribution in [2.75, 3.05) is 52.8 Å². The van der Waals surface area contributed by atoms with E-state index < -0.39 is 0 Å². The summed E-state index contributed by atoms with van der Waals surface area (Å²) in [6.07, 6.45) is 5.15. The molecule has 0 spiro atoms. The first kappa shape index (κ1) is 37.7. The maximum Gasteiger partial charge on any atom is 0.229 e. The Labute approximate surface area is 301 Å². The number of ether oxygens (including phenoxy) is 2. The van der Waals surface area contributed by atoms with E-state index in [1.807, 2.05) is 36.0 Å². The number of amides is 2. The molecule has 4 aromatic rings. The molecule has 3 heterocycles. The highest BCUT2D eigenvalue weighted by Gasteiger charge is 2.22. The van der Waals surface area contributed by atoms with Crippen LogP contribution >= 0.6 is 0 Å². The van der Waals surface area contributed by atoms with Crippen molar-refractivity contribution in [3.63, 3.8) is 0 Å². The summed E-state index contributed by atoms with van der Waals surface area (Å²) in [6, 6.07) is 14.5. The average molecular weight is 699 g/mol. The van der Waals surface area contributed by atoms with Crippen LogP contribution in [-0.2, 0) is 46.9 Å². The van der Waals surface area contributed by atoms with Gasteiger partial charge in [0.05, 0.1) is 24.4 Å². The number of fused-ring (bicyclic) bond motifs is 1. The number of hydrogen-bond donors (Lipinski definition) is 4. The molecule has 5 rings (SSSR count). The van der Waals surface area contributed by atoms with E-state index in [9.17, 15) is 9.59 Å². The minimum absolute atomic E-state index is 0.252. The fourth-order valence-electron chi connectivity index (χ4n) is 6.45. The van der Waals surface area contributed by atoms with Crippen LogP contribution in [0.4, 0.5) is 5.69 Å². The first-order valence-electron chi connectivity index (χ1n) is 18.2. The van der Waals surface area contributed by atoms with Gasteiger partial charge < -0.3 is 35.6 Å². The van der Waals surface area contributed by atoms with Crippen molar-refractivity contribution in [3.8, 4) is 16.9 Å². The smallest absolute Gasteiger partial charge is 0.229 e. The lowest BCUT2D eigenvalue weighted by molar-refractivity contribution is -0.129. The number of aryl methyl sites for hydroxylation is 2. The van der Waals surface area contributed by atoms with E-state index >= 15 is 0 Å². The molecule has 1 fully saturated rings. The predicted molar refractivity (Wildman–Crippen MR) is 202 cm³/mol. The Morgan fingerprint density at radius 2 is 1.76 bits per heavy atom. The topological polar surface area (TPSA) is 135 Å². The van der Waals surface area contributed by atoms with Gasteiger partial charge in [0, 0.05) is 62.3 Å². The third-order valence-electron chi connectivity index (χ3n) is 9.24. The largest absolute Gasteiger partial charge is 0.496 e. The van der Waals surface area contributed by atoms with Crippen LogP contribution in [-0.4, -0.2) is 85.0 Å². The maximum absolute atomic E-state index is 13.1. The van der Waals surface area contributed by atoms with Crippen molar-refractivity contribution in [1.29, 1.82) is 0 Å². The van der Waals surface area contributed by atoms with Gasteiger partial charge in [0.2, 0.25) is 11.8 Å². The number of nitrogens with zero attached hydrogens (tertiary/aromatic N) is 4. The van der Waals surface area contributed by atoms with Crippen molar-refractivity contribution in [2.24, 2.45) is 0 Å². The van der Waals surface area contributed by atoms with Crippen LogP contribution in [0.2, 0.25) is 0 Å². The SMILES string of the molecule is CCc1nc2c(cnn2CC)c(NC2CCOCC2)c1CNC(=O)CC(=O)NCc1ccc(OC)c(-c2cccc(CNCCCN(C)C)c2)c1. The third-order valence-corrected chi connectivity index (χ3v) is 9.24. The van der Waals surface area contributed by atoms with Crippen molar-refractivity contribution >= 4 is 28.5 Å². The van der Waals surface area contributed by atoms with E-state index in [1.54, 1.807) is 7.11 Å². The van der Waals surface area contributed by atoms with Gasteiger partial charge in [-0.05, 0) is 94.7 Å². The van der Waals surface area contributed by atoms with Crippen LogP contribution in [0, 0.1) is 0 Å². The molecule has 2 aromatic carbocycles. The first-order valence-corrected chi connectivity index (χ1v) is 18.2. The molecule has 2 amide bonds. The van der Waals surface area contributed by atoms with Gasteiger partial charge in [0.25, 0.3) is 0 Å². The lowest BCUT2D eigenvalue weighted by atomic mass is 9.99. The van der Waals surface area contributed by atoms with E-state index in [2.05, 4.69) is 76.6 Å². The molecule has 2 aromatic heterocycles. The second-order valence-electron chi connectivity index (χ2n) is 13.3. The van der Waals surface area contributed by atoms with Gasteiger partial charge in [-0.1, -0.05) is 31.2 Å². The van der Waals surface area contributed by atoms with Crippen LogP contribution in [0.25, 0.3) is 22.2 Å². The van der Waals surface area contributed by atoms with E-state index in [-0.39, 0.29) is 37.4 Å².